The van der Waals surface area contributed by atoms with Crippen LogP contribution >= 0.6 is 0 Å². The fourth-order valence-corrected chi connectivity index (χ4v) is 2.02. The van der Waals surface area contributed by atoms with E-state index in [0.717, 1.165) is 18.7 Å². The maximum absolute atomic E-state index is 8.74. The van der Waals surface area contributed by atoms with Gasteiger partial charge in [-0.2, -0.15) is 8.42 Å². The molecule has 1 atom stereocenters. The normalized spacial score (nSPS) is 12.0. The van der Waals surface area contributed by atoms with E-state index in [0.29, 0.717) is 0 Å². The first-order valence-electron chi connectivity index (χ1n) is 7.42. The van der Waals surface area contributed by atoms with Gasteiger partial charge >= 0.3 is 10.4 Å². The zero-order valence-corrected chi connectivity index (χ0v) is 14.5. The zero-order chi connectivity index (χ0) is 18.0. The van der Waals surface area contributed by atoms with E-state index in [1.54, 1.807) is 0 Å². The molecule has 2 aromatic carbocycles. The summed E-state index contributed by atoms with van der Waals surface area (Å²) in [5.74, 6) is 0.926. The Labute approximate surface area is 143 Å². The van der Waals surface area contributed by atoms with Crippen LogP contribution in [0, 0.1) is 6.92 Å². The van der Waals surface area contributed by atoms with Crippen LogP contribution in [0.5, 0.6) is 5.75 Å². The van der Waals surface area contributed by atoms with E-state index >= 15 is 0 Å². The second-order valence-electron chi connectivity index (χ2n) is 5.17. The van der Waals surface area contributed by atoms with Crippen LogP contribution in [0.15, 0.2) is 54.6 Å². The fraction of sp³-hybridized carbons (Fsp3) is 0.294. The van der Waals surface area contributed by atoms with Crippen molar-refractivity contribution in [1.82, 2.24) is 5.32 Å². The van der Waals surface area contributed by atoms with Crippen LogP contribution in [0.25, 0.3) is 0 Å². The Morgan fingerprint density at radius 3 is 2.08 bits per heavy atom. The molecule has 7 heteroatoms. The van der Waals surface area contributed by atoms with E-state index in [9.17, 15) is 0 Å². The average Bonchev–Trinajstić information content (AvgIpc) is 2.52. The Kier molecular flexibility index (Phi) is 8.42. The van der Waals surface area contributed by atoms with Gasteiger partial charge in [-0.05, 0) is 38.2 Å². The van der Waals surface area contributed by atoms with E-state index < -0.39 is 10.4 Å². The molecule has 132 valence electrons. The van der Waals surface area contributed by atoms with Crippen molar-refractivity contribution in [1.29, 1.82) is 0 Å². The van der Waals surface area contributed by atoms with E-state index in [-0.39, 0.29) is 6.10 Å². The summed E-state index contributed by atoms with van der Waals surface area (Å²) in [6, 6.07) is 18.6. The van der Waals surface area contributed by atoms with Crippen LogP contribution in [0.2, 0.25) is 0 Å². The van der Waals surface area contributed by atoms with Gasteiger partial charge in [0, 0.05) is 6.42 Å². The van der Waals surface area contributed by atoms with Gasteiger partial charge in [-0.15, -0.1) is 0 Å². The second-order valence-corrected chi connectivity index (χ2v) is 6.07. The minimum Gasteiger partial charge on any atom is -0.486 e. The lowest BCUT2D eigenvalue weighted by molar-refractivity contribution is 0.195. The van der Waals surface area contributed by atoms with Crippen molar-refractivity contribution in [2.24, 2.45) is 0 Å². The number of hydrogen-bond donors (Lipinski definition) is 3. The van der Waals surface area contributed by atoms with Gasteiger partial charge in [0.05, 0.1) is 0 Å². The zero-order valence-electron chi connectivity index (χ0n) is 13.7. The molecule has 3 N–H and O–H groups in total. The summed E-state index contributed by atoms with van der Waals surface area (Å²) >= 11 is 0. The minimum absolute atomic E-state index is 0.0938. The van der Waals surface area contributed by atoms with E-state index in [2.05, 4.69) is 48.6 Å². The lowest BCUT2D eigenvalue weighted by Gasteiger charge is -2.19. The average molecular weight is 353 g/mol. The summed E-state index contributed by atoms with van der Waals surface area (Å²) in [6.45, 7) is 3.02. The quantitative estimate of drug-likeness (QED) is 0.691. The Morgan fingerprint density at radius 2 is 1.58 bits per heavy atom. The van der Waals surface area contributed by atoms with Gasteiger partial charge in [0.2, 0.25) is 0 Å². The number of rotatable bonds is 6. The van der Waals surface area contributed by atoms with Gasteiger partial charge < -0.3 is 10.1 Å². The van der Waals surface area contributed by atoms with Gasteiger partial charge in [-0.25, -0.2) is 0 Å². The highest BCUT2D eigenvalue weighted by Crippen LogP contribution is 2.24. The summed E-state index contributed by atoms with van der Waals surface area (Å²) in [6.07, 6.45) is 1.05. The highest BCUT2D eigenvalue weighted by Gasteiger charge is 2.12. The highest BCUT2D eigenvalue weighted by atomic mass is 32.3. The van der Waals surface area contributed by atoms with E-state index in [4.69, 9.17) is 22.3 Å². The molecule has 0 aliphatic rings. The topological polar surface area (TPSA) is 95.9 Å². The minimum atomic E-state index is -4.67. The number of aryl methyl sites for hydroxylation is 1. The first-order valence-corrected chi connectivity index (χ1v) is 8.82. The number of benzene rings is 2. The third kappa shape index (κ3) is 9.26. The summed E-state index contributed by atoms with van der Waals surface area (Å²) in [5, 5.41) is 3.18. The number of hydrogen-bond acceptors (Lipinski definition) is 4. The third-order valence-corrected chi connectivity index (χ3v) is 3.13. The summed E-state index contributed by atoms with van der Waals surface area (Å²) in [5.41, 5.74) is 2.47. The van der Waals surface area contributed by atoms with Gasteiger partial charge in [-0.1, -0.05) is 48.0 Å². The number of ether oxygens (including phenoxy) is 1. The molecule has 2 aromatic rings. The number of nitrogens with one attached hydrogen (secondary N) is 1. The van der Waals surface area contributed by atoms with E-state index in [1.807, 2.05) is 25.2 Å². The molecule has 0 heterocycles. The molecule has 6 nitrogen and oxygen atoms in total. The summed E-state index contributed by atoms with van der Waals surface area (Å²) in [4.78, 5) is 0. The van der Waals surface area contributed by atoms with E-state index in [1.165, 1.54) is 11.1 Å². The van der Waals surface area contributed by atoms with Gasteiger partial charge in [0.25, 0.3) is 0 Å². The molecular formula is C17H23NO5S. The molecular weight excluding hydrogens is 330 g/mol. The molecule has 0 saturated carbocycles. The lowest BCUT2D eigenvalue weighted by atomic mass is 10.1. The molecule has 0 radical (unpaired) electrons. The maximum atomic E-state index is 8.74. The molecule has 0 fully saturated rings. The van der Waals surface area contributed by atoms with Crippen LogP contribution in [0.1, 0.15) is 23.7 Å². The molecule has 0 aromatic heterocycles. The second kappa shape index (κ2) is 10.0. The summed E-state index contributed by atoms with van der Waals surface area (Å²) < 4.78 is 37.7. The predicted molar refractivity (Wildman–Crippen MR) is 93.7 cm³/mol. The summed E-state index contributed by atoms with van der Waals surface area (Å²) in [7, 11) is -2.70. The lowest BCUT2D eigenvalue weighted by Crippen LogP contribution is -2.16. The Morgan fingerprint density at radius 1 is 1.04 bits per heavy atom. The van der Waals surface area contributed by atoms with Crippen molar-refractivity contribution in [2.75, 3.05) is 13.6 Å². The van der Waals surface area contributed by atoms with Crippen LogP contribution in [-0.2, 0) is 10.4 Å². The van der Waals surface area contributed by atoms with Crippen molar-refractivity contribution in [3.05, 3.63) is 65.7 Å². The first kappa shape index (κ1) is 20.1. The first-order chi connectivity index (χ1) is 11.3. The molecule has 0 bridgehead atoms. The Balaban J connectivity index is 0.000000505. The molecule has 0 amide bonds. The smallest absolute Gasteiger partial charge is 0.394 e. The predicted octanol–water partition coefficient (Wildman–Crippen LogP) is 3.07. The van der Waals surface area contributed by atoms with Gasteiger partial charge in [0.1, 0.15) is 11.9 Å². The maximum Gasteiger partial charge on any atom is 0.394 e. The van der Waals surface area contributed by atoms with Crippen LogP contribution in [0.4, 0.5) is 0 Å². The van der Waals surface area contributed by atoms with Crippen LogP contribution in [-0.4, -0.2) is 31.1 Å². The largest absolute Gasteiger partial charge is 0.486 e. The third-order valence-electron chi connectivity index (χ3n) is 3.13. The molecule has 24 heavy (non-hydrogen) atoms. The van der Waals surface area contributed by atoms with Crippen molar-refractivity contribution in [3.63, 3.8) is 0 Å². The van der Waals surface area contributed by atoms with Gasteiger partial charge in [-0.3, -0.25) is 9.11 Å². The monoisotopic (exact) mass is 353 g/mol. The Hall–Kier alpha value is -1.93. The molecule has 1 unspecified atom stereocenters. The molecule has 0 spiro atoms. The molecule has 0 saturated heterocycles. The van der Waals surface area contributed by atoms with Crippen LogP contribution in [0.3, 0.4) is 0 Å². The molecule has 0 aliphatic heterocycles. The fourth-order valence-electron chi connectivity index (χ4n) is 2.02. The van der Waals surface area contributed by atoms with Crippen molar-refractivity contribution in [2.45, 2.75) is 19.4 Å². The molecule has 2 rings (SSSR count). The SMILES string of the molecule is CNCCC(Oc1ccc(C)cc1)c1ccccc1.O=S(=O)(O)O. The Bertz CT molecular complexity index is 679. The highest BCUT2D eigenvalue weighted by molar-refractivity contribution is 7.79. The van der Waals surface area contributed by atoms with Crippen molar-refractivity contribution >= 4 is 10.4 Å². The van der Waals surface area contributed by atoms with Gasteiger partial charge in [0.15, 0.2) is 0 Å². The van der Waals surface area contributed by atoms with Crippen molar-refractivity contribution < 1.29 is 22.3 Å². The standard InChI is InChI=1S/C17H21NO.H2O4S/c1-14-8-10-16(11-9-14)19-17(12-13-18-2)15-6-4-3-5-7-15;1-5(2,3)4/h3-11,17-18H,12-13H2,1-2H3;(H2,1,2,3,4). The molecule has 0 aliphatic carbocycles. The van der Waals surface area contributed by atoms with Crippen molar-refractivity contribution in [3.8, 4) is 5.75 Å². The van der Waals surface area contributed by atoms with Crippen LogP contribution < -0.4 is 10.1 Å².